The number of rotatable bonds is 1. The lowest BCUT2D eigenvalue weighted by Crippen LogP contribution is -2.10. The van der Waals surface area contributed by atoms with E-state index in [4.69, 9.17) is 0 Å². The van der Waals surface area contributed by atoms with Gasteiger partial charge in [-0.1, -0.05) is 0 Å². The van der Waals surface area contributed by atoms with Crippen molar-refractivity contribution < 1.29 is 8.78 Å². The highest BCUT2D eigenvalue weighted by molar-refractivity contribution is 5.19. The molecule has 0 spiro atoms. The number of halogens is 2. The van der Waals surface area contributed by atoms with Gasteiger partial charge >= 0.3 is 0 Å². The van der Waals surface area contributed by atoms with Gasteiger partial charge < -0.3 is 4.98 Å². The van der Waals surface area contributed by atoms with Gasteiger partial charge in [0.15, 0.2) is 5.43 Å². The van der Waals surface area contributed by atoms with Crippen LogP contribution in [-0.4, -0.2) is 4.98 Å². The molecule has 1 heterocycles. The first kappa shape index (κ1) is 7.91. The Morgan fingerprint density at radius 3 is 2.55 bits per heavy atom. The molecule has 1 aromatic heterocycles. The zero-order chi connectivity index (χ0) is 8.43. The van der Waals surface area contributed by atoms with Gasteiger partial charge in [0.1, 0.15) is 0 Å². The molecule has 0 saturated heterocycles. The molecule has 0 aliphatic carbocycles. The highest BCUT2D eigenvalue weighted by Gasteiger charge is 2.13. The lowest BCUT2D eigenvalue weighted by atomic mass is 10.2. The van der Waals surface area contributed by atoms with E-state index in [2.05, 4.69) is 4.98 Å². The van der Waals surface area contributed by atoms with Gasteiger partial charge in [-0.15, -0.1) is 0 Å². The monoisotopic (exact) mass is 159 g/mol. The summed E-state index contributed by atoms with van der Waals surface area (Å²) in [6, 6.07) is 1.09. The Balaban J connectivity index is 3.33. The Hall–Kier alpha value is -1.19. The van der Waals surface area contributed by atoms with Crippen molar-refractivity contribution >= 4 is 0 Å². The van der Waals surface area contributed by atoms with Gasteiger partial charge in [0.05, 0.1) is 5.56 Å². The van der Waals surface area contributed by atoms with E-state index in [1.807, 2.05) is 0 Å². The summed E-state index contributed by atoms with van der Waals surface area (Å²) in [5, 5.41) is 0. The first-order chi connectivity index (χ1) is 5.13. The highest BCUT2D eigenvalue weighted by Crippen LogP contribution is 2.16. The molecule has 0 amide bonds. The fraction of sp³-hybridized carbons (Fsp3) is 0.286. The van der Waals surface area contributed by atoms with E-state index in [0.717, 1.165) is 6.07 Å². The van der Waals surface area contributed by atoms with Gasteiger partial charge in [0.2, 0.25) is 0 Å². The number of nitrogens with one attached hydrogen (secondary N) is 1. The summed E-state index contributed by atoms with van der Waals surface area (Å²) in [7, 11) is 0. The molecule has 2 nitrogen and oxygen atoms in total. The molecule has 4 heteroatoms. The summed E-state index contributed by atoms with van der Waals surface area (Å²) >= 11 is 0. The van der Waals surface area contributed by atoms with Crippen LogP contribution in [0.2, 0.25) is 0 Å². The molecular weight excluding hydrogens is 152 g/mol. The molecule has 0 aliphatic rings. The predicted octanol–water partition coefficient (Wildman–Crippen LogP) is 1.62. The van der Waals surface area contributed by atoms with Crippen LogP contribution < -0.4 is 5.43 Å². The highest BCUT2D eigenvalue weighted by atomic mass is 19.3. The maximum atomic E-state index is 12.1. The van der Waals surface area contributed by atoms with E-state index in [0.29, 0.717) is 0 Å². The minimum absolute atomic E-state index is 0.229. The summed E-state index contributed by atoms with van der Waals surface area (Å²) in [5.74, 6) is 0. The molecule has 0 saturated carbocycles. The number of aryl methyl sites for hydroxylation is 1. The summed E-state index contributed by atoms with van der Waals surface area (Å²) in [5.41, 5.74) is -0.823. The zero-order valence-corrected chi connectivity index (χ0v) is 5.90. The molecule has 1 aromatic rings. The average molecular weight is 159 g/mol. The minimum Gasteiger partial charge on any atom is -0.365 e. The summed E-state index contributed by atoms with van der Waals surface area (Å²) in [6.45, 7) is 1.45. The lowest BCUT2D eigenvalue weighted by molar-refractivity contribution is 0.149. The first-order valence-corrected chi connectivity index (χ1v) is 3.09. The molecule has 0 fully saturated rings. The Morgan fingerprint density at radius 2 is 2.18 bits per heavy atom. The third-order valence-electron chi connectivity index (χ3n) is 1.42. The number of hydrogen-bond donors (Lipinski definition) is 1. The summed E-state index contributed by atoms with van der Waals surface area (Å²) in [4.78, 5) is 13.3. The number of H-pyrrole nitrogens is 1. The van der Waals surface area contributed by atoms with Crippen LogP contribution >= 0.6 is 0 Å². The molecule has 0 unspecified atom stereocenters. The van der Waals surface area contributed by atoms with Gasteiger partial charge in [-0.3, -0.25) is 4.79 Å². The number of pyridine rings is 1. The van der Waals surface area contributed by atoms with Crippen LogP contribution in [0, 0.1) is 6.92 Å². The van der Waals surface area contributed by atoms with Gasteiger partial charge in [-0.2, -0.15) is 0 Å². The quantitative estimate of drug-likeness (QED) is 0.663. The Labute approximate surface area is 61.9 Å². The standard InChI is InChI=1S/C7H7F2NO/c1-4-6(7(8)9)5(11)2-3-10-4/h2-3,7H,1H3,(H,10,11). The van der Waals surface area contributed by atoms with E-state index >= 15 is 0 Å². The van der Waals surface area contributed by atoms with Crippen LogP contribution in [0.25, 0.3) is 0 Å². The lowest BCUT2D eigenvalue weighted by Gasteiger charge is -2.00. The van der Waals surface area contributed by atoms with Crippen LogP contribution in [0.15, 0.2) is 17.1 Å². The maximum Gasteiger partial charge on any atom is 0.269 e. The van der Waals surface area contributed by atoms with E-state index in [1.165, 1.54) is 13.1 Å². The third kappa shape index (κ3) is 1.45. The molecule has 0 atom stereocenters. The van der Waals surface area contributed by atoms with Crippen LogP contribution in [0.4, 0.5) is 8.78 Å². The van der Waals surface area contributed by atoms with Crippen molar-refractivity contribution in [2.45, 2.75) is 13.3 Å². The van der Waals surface area contributed by atoms with Crippen LogP contribution in [0.1, 0.15) is 17.7 Å². The number of aromatic nitrogens is 1. The predicted molar refractivity (Wildman–Crippen MR) is 36.8 cm³/mol. The number of alkyl halides is 2. The minimum atomic E-state index is -2.69. The van der Waals surface area contributed by atoms with Crippen molar-refractivity contribution in [1.82, 2.24) is 4.98 Å². The molecule has 0 radical (unpaired) electrons. The smallest absolute Gasteiger partial charge is 0.269 e. The van der Waals surface area contributed by atoms with Crippen molar-refractivity contribution in [1.29, 1.82) is 0 Å². The molecule has 60 valence electrons. The normalized spacial score (nSPS) is 10.5. The molecule has 1 N–H and O–H groups in total. The molecule has 0 bridgehead atoms. The second-order valence-corrected chi connectivity index (χ2v) is 2.18. The first-order valence-electron chi connectivity index (χ1n) is 3.09. The molecule has 1 rings (SSSR count). The Kier molecular flexibility index (Phi) is 2.03. The fourth-order valence-corrected chi connectivity index (χ4v) is 0.866. The average Bonchev–Trinajstić information content (AvgIpc) is 1.85. The van der Waals surface area contributed by atoms with Crippen molar-refractivity contribution in [2.75, 3.05) is 0 Å². The van der Waals surface area contributed by atoms with E-state index in [9.17, 15) is 13.6 Å². The second-order valence-electron chi connectivity index (χ2n) is 2.18. The maximum absolute atomic E-state index is 12.1. The summed E-state index contributed by atoms with van der Waals surface area (Å²) in [6.07, 6.45) is -1.34. The van der Waals surface area contributed by atoms with Crippen LogP contribution in [-0.2, 0) is 0 Å². The molecule has 11 heavy (non-hydrogen) atoms. The summed E-state index contributed by atoms with van der Waals surface area (Å²) < 4.78 is 24.1. The van der Waals surface area contributed by atoms with Gasteiger partial charge in [-0.05, 0) is 6.92 Å². The zero-order valence-electron chi connectivity index (χ0n) is 5.90. The van der Waals surface area contributed by atoms with Gasteiger partial charge in [0.25, 0.3) is 6.43 Å². The van der Waals surface area contributed by atoms with Crippen LogP contribution in [0.3, 0.4) is 0 Å². The van der Waals surface area contributed by atoms with Crippen LogP contribution in [0.5, 0.6) is 0 Å². The molecular formula is C7H7F2NO. The number of aromatic amines is 1. The van der Waals surface area contributed by atoms with E-state index in [1.54, 1.807) is 0 Å². The van der Waals surface area contributed by atoms with Crippen molar-refractivity contribution in [3.8, 4) is 0 Å². The van der Waals surface area contributed by atoms with E-state index in [-0.39, 0.29) is 5.69 Å². The second kappa shape index (κ2) is 2.82. The van der Waals surface area contributed by atoms with E-state index < -0.39 is 17.4 Å². The Bertz CT molecular complexity index is 306. The van der Waals surface area contributed by atoms with Gasteiger partial charge in [-0.25, -0.2) is 8.78 Å². The molecule has 0 aromatic carbocycles. The number of hydrogen-bond acceptors (Lipinski definition) is 1. The van der Waals surface area contributed by atoms with Gasteiger partial charge in [0, 0.05) is 18.0 Å². The topological polar surface area (TPSA) is 32.9 Å². The molecule has 0 aliphatic heterocycles. The largest absolute Gasteiger partial charge is 0.365 e. The fourth-order valence-electron chi connectivity index (χ4n) is 0.866. The van der Waals surface area contributed by atoms with Crippen molar-refractivity contribution in [3.63, 3.8) is 0 Å². The van der Waals surface area contributed by atoms with Crippen molar-refractivity contribution in [2.24, 2.45) is 0 Å². The van der Waals surface area contributed by atoms with Crippen molar-refractivity contribution in [3.05, 3.63) is 33.7 Å². The Morgan fingerprint density at radius 1 is 1.55 bits per heavy atom. The third-order valence-corrected chi connectivity index (χ3v) is 1.42. The SMILES string of the molecule is Cc1[nH]ccc(=O)c1C(F)F.